The van der Waals surface area contributed by atoms with Gasteiger partial charge in [0.05, 0.1) is 30.3 Å². The van der Waals surface area contributed by atoms with Gasteiger partial charge >= 0.3 is 0 Å². The van der Waals surface area contributed by atoms with Gasteiger partial charge in [0, 0.05) is 37.2 Å². The highest BCUT2D eigenvalue weighted by atomic mass is 16.5. The van der Waals surface area contributed by atoms with Crippen molar-refractivity contribution < 1.29 is 19.0 Å². The molecular weight excluding hydrogens is 432 g/mol. The van der Waals surface area contributed by atoms with Crippen molar-refractivity contribution in [2.24, 2.45) is 5.92 Å². The number of nitrogens with one attached hydrogen (secondary N) is 1. The molecule has 0 radical (unpaired) electrons. The van der Waals surface area contributed by atoms with E-state index in [9.17, 15) is 4.79 Å². The van der Waals surface area contributed by atoms with E-state index in [1.807, 2.05) is 36.4 Å². The van der Waals surface area contributed by atoms with Gasteiger partial charge < -0.3 is 24.4 Å². The number of rotatable bonds is 7. The number of fused-ring (bicyclic) bond motifs is 1. The molecule has 0 bridgehead atoms. The zero-order valence-electron chi connectivity index (χ0n) is 19.6. The smallest absolute Gasteiger partial charge is 0.223 e. The van der Waals surface area contributed by atoms with Crippen molar-refractivity contribution >= 4 is 16.8 Å². The summed E-state index contributed by atoms with van der Waals surface area (Å²) in [6.45, 7) is 3.07. The van der Waals surface area contributed by atoms with Crippen LogP contribution in [0.15, 0.2) is 42.6 Å². The molecule has 4 heterocycles. The Bertz CT molecular complexity index is 1180. The minimum atomic E-state index is 0.0658. The summed E-state index contributed by atoms with van der Waals surface area (Å²) in [4.78, 5) is 23.1. The average molecular weight is 463 g/mol. The summed E-state index contributed by atoms with van der Waals surface area (Å²) in [6, 6.07) is 11.7. The Morgan fingerprint density at radius 1 is 1.21 bits per heavy atom. The second kappa shape index (κ2) is 9.85. The van der Waals surface area contributed by atoms with Gasteiger partial charge in [0.1, 0.15) is 6.10 Å². The minimum Gasteiger partial charge on any atom is -0.493 e. The van der Waals surface area contributed by atoms with E-state index in [1.165, 1.54) is 0 Å². The van der Waals surface area contributed by atoms with E-state index in [2.05, 4.69) is 22.2 Å². The highest BCUT2D eigenvalue weighted by Crippen LogP contribution is 2.35. The number of nitrogens with zero attached hydrogens (tertiary/aromatic N) is 3. The fourth-order valence-corrected chi connectivity index (χ4v) is 4.60. The number of ether oxygens (including phenoxy) is 3. The zero-order valence-corrected chi connectivity index (χ0v) is 19.6. The lowest BCUT2D eigenvalue weighted by Crippen LogP contribution is -2.38. The van der Waals surface area contributed by atoms with E-state index in [4.69, 9.17) is 19.2 Å². The van der Waals surface area contributed by atoms with Gasteiger partial charge in [0.2, 0.25) is 11.8 Å². The van der Waals surface area contributed by atoms with E-state index in [0.29, 0.717) is 31.2 Å². The summed E-state index contributed by atoms with van der Waals surface area (Å²) >= 11 is 0. The van der Waals surface area contributed by atoms with Crippen LogP contribution in [0.1, 0.15) is 19.3 Å². The van der Waals surface area contributed by atoms with Crippen LogP contribution in [0.5, 0.6) is 17.4 Å². The van der Waals surface area contributed by atoms with Gasteiger partial charge in [-0.3, -0.25) is 9.78 Å². The van der Waals surface area contributed by atoms with Crippen LogP contribution in [0.25, 0.3) is 22.2 Å². The van der Waals surface area contributed by atoms with Crippen LogP contribution in [0.3, 0.4) is 0 Å². The third-order valence-corrected chi connectivity index (χ3v) is 6.42. The Morgan fingerprint density at radius 3 is 2.91 bits per heavy atom. The number of likely N-dealkylation sites (N-methyl/N-ethyl adjacent to an activating group) is 1. The van der Waals surface area contributed by atoms with E-state index in [-0.39, 0.29) is 17.9 Å². The lowest BCUT2D eigenvalue weighted by Gasteiger charge is -2.30. The maximum Gasteiger partial charge on any atom is 0.223 e. The van der Waals surface area contributed by atoms with Crippen molar-refractivity contribution in [1.82, 2.24) is 20.2 Å². The molecule has 8 heteroatoms. The van der Waals surface area contributed by atoms with Crippen LogP contribution >= 0.6 is 0 Å². The standard InChI is InChI=1S/C26H30N4O4/c1-30-10-4-5-19(15-30)34-23-8-7-18(12-24(23)32-2)21-13-22-20(6-3-9-27-22)26(29-21)33-16-17-11-25(31)28-14-17/h3,6-9,12-13,17,19H,4-5,10-11,14-16H2,1-2H3,(H,28,31). The molecule has 0 spiro atoms. The topological polar surface area (TPSA) is 85.8 Å². The molecule has 0 saturated carbocycles. The molecule has 2 unspecified atom stereocenters. The molecule has 3 aromatic rings. The average Bonchev–Trinajstić information content (AvgIpc) is 3.27. The number of aromatic nitrogens is 2. The molecule has 1 N–H and O–H groups in total. The predicted octanol–water partition coefficient (Wildman–Crippen LogP) is 3.29. The molecule has 5 rings (SSSR count). The number of likely N-dealkylation sites (tertiary alicyclic amines) is 1. The second-order valence-corrected chi connectivity index (χ2v) is 9.08. The number of amides is 1. The quantitative estimate of drug-likeness (QED) is 0.577. The van der Waals surface area contributed by atoms with Crippen molar-refractivity contribution in [3.8, 4) is 28.6 Å². The van der Waals surface area contributed by atoms with Crippen LogP contribution in [-0.2, 0) is 4.79 Å². The van der Waals surface area contributed by atoms with Gasteiger partial charge in [-0.15, -0.1) is 0 Å². The van der Waals surface area contributed by atoms with Crippen molar-refractivity contribution in [2.75, 3.05) is 40.4 Å². The summed E-state index contributed by atoms with van der Waals surface area (Å²) in [5.41, 5.74) is 2.43. The first-order chi connectivity index (χ1) is 16.6. The van der Waals surface area contributed by atoms with Crippen LogP contribution in [0, 0.1) is 5.92 Å². The largest absolute Gasteiger partial charge is 0.493 e. The number of pyridine rings is 2. The molecule has 34 heavy (non-hydrogen) atoms. The van der Waals surface area contributed by atoms with Gasteiger partial charge in [-0.25, -0.2) is 4.98 Å². The van der Waals surface area contributed by atoms with Gasteiger partial charge in [-0.2, -0.15) is 0 Å². The lowest BCUT2D eigenvalue weighted by atomic mass is 10.1. The number of piperidine rings is 1. The minimum absolute atomic E-state index is 0.0658. The molecule has 2 fully saturated rings. The van der Waals surface area contributed by atoms with Crippen LogP contribution in [0.4, 0.5) is 0 Å². The summed E-state index contributed by atoms with van der Waals surface area (Å²) < 4.78 is 18.0. The Hall–Kier alpha value is -3.39. The van der Waals surface area contributed by atoms with E-state index in [0.717, 1.165) is 53.8 Å². The Kier molecular flexibility index (Phi) is 6.49. The number of carbonyl (C=O) groups excluding carboxylic acids is 1. The highest BCUT2D eigenvalue weighted by Gasteiger charge is 2.23. The van der Waals surface area contributed by atoms with E-state index >= 15 is 0 Å². The summed E-state index contributed by atoms with van der Waals surface area (Å²) in [7, 11) is 3.77. The molecule has 2 saturated heterocycles. The first kappa shape index (κ1) is 22.4. The van der Waals surface area contributed by atoms with Gasteiger partial charge in [0.25, 0.3) is 0 Å². The third-order valence-electron chi connectivity index (χ3n) is 6.42. The number of hydrogen-bond acceptors (Lipinski definition) is 7. The monoisotopic (exact) mass is 462 g/mol. The fourth-order valence-electron chi connectivity index (χ4n) is 4.60. The van der Waals surface area contributed by atoms with Gasteiger partial charge in [-0.05, 0) is 62.8 Å². The molecule has 2 aromatic heterocycles. The molecule has 1 amide bonds. The maximum atomic E-state index is 11.5. The van der Waals surface area contributed by atoms with Gasteiger partial charge in [0.15, 0.2) is 11.5 Å². The number of hydrogen-bond donors (Lipinski definition) is 1. The fraction of sp³-hybridized carbons (Fsp3) is 0.423. The van der Waals surface area contributed by atoms with E-state index < -0.39 is 0 Å². The van der Waals surface area contributed by atoms with Crippen molar-refractivity contribution in [3.05, 3.63) is 42.6 Å². The van der Waals surface area contributed by atoms with Gasteiger partial charge in [-0.1, -0.05) is 0 Å². The normalized spacial score (nSPS) is 20.8. The Balaban J connectivity index is 1.42. The maximum absolute atomic E-state index is 11.5. The predicted molar refractivity (Wildman–Crippen MR) is 129 cm³/mol. The number of methoxy groups -OCH3 is 1. The highest BCUT2D eigenvalue weighted by molar-refractivity contribution is 5.87. The molecule has 2 aliphatic rings. The lowest BCUT2D eigenvalue weighted by molar-refractivity contribution is -0.119. The van der Waals surface area contributed by atoms with Crippen molar-refractivity contribution in [1.29, 1.82) is 0 Å². The molecule has 2 atom stereocenters. The first-order valence-corrected chi connectivity index (χ1v) is 11.8. The Labute approximate surface area is 199 Å². The molecule has 8 nitrogen and oxygen atoms in total. The molecule has 1 aromatic carbocycles. The van der Waals surface area contributed by atoms with Crippen LogP contribution in [0.2, 0.25) is 0 Å². The molecule has 0 aliphatic carbocycles. The Morgan fingerprint density at radius 2 is 2.12 bits per heavy atom. The summed E-state index contributed by atoms with van der Waals surface area (Å²) in [5.74, 6) is 2.13. The first-order valence-electron chi connectivity index (χ1n) is 11.8. The summed E-state index contributed by atoms with van der Waals surface area (Å²) in [5, 5.41) is 3.69. The van der Waals surface area contributed by atoms with Crippen molar-refractivity contribution in [2.45, 2.75) is 25.4 Å². The zero-order chi connectivity index (χ0) is 23.5. The molecule has 2 aliphatic heterocycles. The van der Waals surface area contributed by atoms with Crippen molar-refractivity contribution in [3.63, 3.8) is 0 Å². The third kappa shape index (κ3) is 4.92. The van der Waals surface area contributed by atoms with E-state index in [1.54, 1.807) is 13.3 Å². The molecular formula is C26H30N4O4. The SMILES string of the molecule is COc1cc(-c2cc3ncccc3c(OCC3CNC(=O)C3)n2)ccc1OC1CCCN(C)C1. The van der Waals surface area contributed by atoms with Crippen LogP contribution in [-0.4, -0.2) is 67.3 Å². The second-order valence-electron chi connectivity index (χ2n) is 9.08. The number of benzene rings is 1. The van der Waals surface area contributed by atoms with Crippen LogP contribution < -0.4 is 19.5 Å². The molecule has 178 valence electrons. The summed E-state index contributed by atoms with van der Waals surface area (Å²) in [6.07, 6.45) is 4.55. The number of carbonyl (C=O) groups is 1.